The number of fused-ring (bicyclic) bond motifs is 4. The summed E-state index contributed by atoms with van der Waals surface area (Å²) in [5.41, 5.74) is 2.18. The monoisotopic (exact) mass is 570 g/mol. The van der Waals surface area contributed by atoms with Crippen LogP contribution in [0.15, 0.2) is 73.8 Å². The number of thioether (sulfide) groups is 2. The molecule has 2 atom stereocenters. The average molecular weight is 571 g/mol. The van der Waals surface area contributed by atoms with Gasteiger partial charge in [-0.15, -0.1) is 34.7 Å². The molecule has 2 aliphatic rings. The summed E-state index contributed by atoms with van der Waals surface area (Å²) in [6.07, 6.45) is 0.445. The lowest BCUT2D eigenvalue weighted by Gasteiger charge is -2.46. The smallest absolute Gasteiger partial charge is 0.353 e. The SMILES string of the molecule is O=C(Cc1cccs1)NC1S[C@@H]2CC(=O)N2C(C(=O)O)=C1Sc1ccc2c(c1)oc1c(CCl)cccc12. The predicted octanol–water partition coefficient (Wildman–Crippen LogP) is 5.76. The molecule has 1 saturated heterocycles. The summed E-state index contributed by atoms with van der Waals surface area (Å²) in [5, 5.41) is 16.0. The summed E-state index contributed by atoms with van der Waals surface area (Å²) in [7, 11) is 0. The van der Waals surface area contributed by atoms with Crippen molar-refractivity contribution in [3.05, 3.63) is 75.0 Å². The number of carbonyl (C=O) groups is 3. The molecule has 188 valence electrons. The number of amides is 2. The van der Waals surface area contributed by atoms with E-state index in [-0.39, 0.29) is 35.7 Å². The molecule has 2 aliphatic heterocycles. The second-order valence-electron chi connectivity index (χ2n) is 8.57. The van der Waals surface area contributed by atoms with E-state index in [2.05, 4.69) is 5.32 Å². The van der Waals surface area contributed by atoms with Gasteiger partial charge in [0.15, 0.2) is 0 Å². The number of benzene rings is 2. The van der Waals surface area contributed by atoms with Gasteiger partial charge in [-0.25, -0.2) is 4.79 Å². The number of thiophene rings is 1. The third-order valence-corrected chi connectivity index (χ3v) is 10.0. The van der Waals surface area contributed by atoms with Crippen LogP contribution in [0.25, 0.3) is 21.9 Å². The van der Waals surface area contributed by atoms with Crippen molar-refractivity contribution in [3.8, 4) is 0 Å². The fourth-order valence-corrected chi connectivity index (χ4v) is 8.10. The number of para-hydroxylation sites is 1. The lowest BCUT2D eigenvalue weighted by molar-refractivity contribution is -0.146. The molecule has 2 aromatic heterocycles. The van der Waals surface area contributed by atoms with Gasteiger partial charge in [0.05, 0.1) is 29.0 Å². The minimum atomic E-state index is -1.20. The van der Waals surface area contributed by atoms with Crippen LogP contribution in [0.3, 0.4) is 0 Å². The van der Waals surface area contributed by atoms with Crippen molar-refractivity contribution >= 4 is 86.2 Å². The minimum absolute atomic E-state index is 0.0828. The zero-order valence-corrected chi connectivity index (χ0v) is 22.3. The third-order valence-electron chi connectivity index (χ3n) is 6.24. The first-order valence-electron chi connectivity index (χ1n) is 11.4. The Morgan fingerprint density at radius 1 is 1.19 bits per heavy atom. The predicted molar refractivity (Wildman–Crippen MR) is 147 cm³/mol. The molecule has 4 aromatic rings. The molecule has 4 heterocycles. The van der Waals surface area contributed by atoms with E-state index in [9.17, 15) is 19.5 Å². The maximum atomic E-state index is 12.9. The van der Waals surface area contributed by atoms with Crippen LogP contribution in [-0.4, -0.2) is 38.5 Å². The second kappa shape index (κ2) is 9.75. The Kier molecular flexibility index (Phi) is 6.44. The van der Waals surface area contributed by atoms with E-state index >= 15 is 0 Å². The van der Waals surface area contributed by atoms with Crippen LogP contribution in [0.2, 0.25) is 0 Å². The Balaban J connectivity index is 1.37. The quantitative estimate of drug-likeness (QED) is 0.215. The van der Waals surface area contributed by atoms with Gasteiger partial charge < -0.3 is 14.8 Å². The van der Waals surface area contributed by atoms with Crippen molar-refractivity contribution in [1.29, 1.82) is 0 Å². The topological polar surface area (TPSA) is 99.9 Å². The summed E-state index contributed by atoms with van der Waals surface area (Å²) in [4.78, 5) is 40.9. The first-order chi connectivity index (χ1) is 17.9. The normalized spacial score (nSPS) is 19.3. The van der Waals surface area contributed by atoms with E-state index in [4.69, 9.17) is 16.0 Å². The minimum Gasteiger partial charge on any atom is -0.477 e. The highest BCUT2D eigenvalue weighted by molar-refractivity contribution is 8.06. The molecule has 2 aromatic carbocycles. The molecule has 2 amide bonds. The largest absolute Gasteiger partial charge is 0.477 e. The Morgan fingerprint density at radius 3 is 2.78 bits per heavy atom. The molecule has 1 unspecified atom stereocenters. The van der Waals surface area contributed by atoms with Crippen molar-refractivity contribution < 1.29 is 23.9 Å². The van der Waals surface area contributed by atoms with Crippen LogP contribution in [0, 0.1) is 0 Å². The molecule has 37 heavy (non-hydrogen) atoms. The van der Waals surface area contributed by atoms with Crippen molar-refractivity contribution in [2.24, 2.45) is 0 Å². The number of rotatable bonds is 7. The number of nitrogens with one attached hydrogen (secondary N) is 1. The lowest BCUT2D eigenvalue weighted by atomic mass is 10.1. The van der Waals surface area contributed by atoms with E-state index in [0.29, 0.717) is 16.4 Å². The number of alkyl halides is 1. The zero-order chi connectivity index (χ0) is 25.7. The third kappa shape index (κ3) is 4.41. The van der Waals surface area contributed by atoms with Gasteiger partial charge in [-0.3, -0.25) is 14.5 Å². The number of nitrogens with zero attached hydrogens (tertiary/aromatic N) is 1. The van der Waals surface area contributed by atoms with Crippen LogP contribution in [0.5, 0.6) is 0 Å². The maximum Gasteiger partial charge on any atom is 0.353 e. The highest BCUT2D eigenvalue weighted by Gasteiger charge is 2.49. The van der Waals surface area contributed by atoms with E-state index in [1.54, 1.807) is 0 Å². The van der Waals surface area contributed by atoms with E-state index in [0.717, 1.165) is 31.7 Å². The lowest BCUT2D eigenvalue weighted by Crippen LogP contribution is -2.57. The molecule has 11 heteroatoms. The molecule has 0 aliphatic carbocycles. The van der Waals surface area contributed by atoms with Gasteiger partial charge in [0, 0.05) is 26.1 Å². The summed E-state index contributed by atoms with van der Waals surface area (Å²) in [5.74, 6) is -1.32. The van der Waals surface area contributed by atoms with Crippen LogP contribution in [0.4, 0.5) is 0 Å². The second-order valence-corrected chi connectivity index (χ2v) is 12.3. The molecular formula is C26H19ClN2O5S3. The highest BCUT2D eigenvalue weighted by Crippen LogP contribution is 2.48. The van der Waals surface area contributed by atoms with Gasteiger partial charge in [0.2, 0.25) is 11.8 Å². The van der Waals surface area contributed by atoms with Crippen LogP contribution in [0.1, 0.15) is 16.9 Å². The zero-order valence-electron chi connectivity index (χ0n) is 19.1. The van der Waals surface area contributed by atoms with Gasteiger partial charge in [-0.1, -0.05) is 36.0 Å². The fourth-order valence-electron chi connectivity index (χ4n) is 4.54. The number of furan rings is 1. The number of halogens is 1. The number of β-lactam (4-membered cyclic amide) rings is 1. The number of carbonyl (C=O) groups excluding carboxylic acids is 2. The average Bonchev–Trinajstić information content (AvgIpc) is 3.51. The number of hydrogen-bond acceptors (Lipinski definition) is 7. The summed E-state index contributed by atoms with van der Waals surface area (Å²) < 4.78 is 6.13. The number of hydrogen-bond donors (Lipinski definition) is 2. The van der Waals surface area contributed by atoms with Gasteiger partial charge >= 0.3 is 5.97 Å². The molecule has 0 bridgehead atoms. The van der Waals surface area contributed by atoms with Gasteiger partial charge in [-0.05, 0) is 29.6 Å². The van der Waals surface area contributed by atoms with Crippen molar-refractivity contribution in [1.82, 2.24) is 10.2 Å². The van der Waals surface area contributed by atoms with Crippen LogP contribution >= 0.6 is 46.5 Å². The standard InChI is InChI=1S/C26H19ClN2O5S3/c27-12-13-3-1-5-17-16-7-6-15(9-18(16)34-23(13)17)36-24-22(26(32)33)29-20(31)11-21(29)37-25(24)28-19(30)10-14-4-2-8-35-14/h1-9,21,25H,10-12H2,(H,28,30)(H,32,33)/t21-,25?/m1/s1. The van der Waals surface area contributed by atoms with Gasteiger partial charge in [0.25, 0.3) is 0 Å². The summed E-state index contributed by atoms with van der Waals surface area (Å²) in [6, 6.07) is 15.3. The summed E-state index contributed by atoms with van der Waals surface area (Å²) in [6.45, 7) is 0. The molecular weight excluding hydrogens is 552 g/mol. The molecule has 7 nitrogen and oxygen atoms in total. The highest BCUT2D eigenvalue weighted by atomic mass is 35.5. The number of carboxylic acid groups (broad SMARTS) is 1. The number of aliphatic carboxylic acids is 1. The van der Waals surface area contributed by atoms with Gasteiger partial charge in [0.1, 0.15) is 22.2 Å². The van der Waals surface area contributed by atoms with E-state index in [1.165, 1.54) is 39.8 Å². The first-order valence-corrected chi connectivity index (χ1v) is 14.5. The van der Waals surface area contributed by atoms with Crippen molar-refractivity contribution in [3.63, 3.8) is 0 Å². The fraction of sp³-hybridized carbons (Fsp3) is 0.192. The van der Waals surface area contributed by atoms with Crippen LogP contribution in [-0.2, 0) is 26.7 Å². The van der Waals surface area contributed by atoms with Crippen molar-refractivity contribution in [2.75, 3.05) is 0 Å². The Morgan fingerprint density at radius 2 is 2.05 bits per heavy atom. The summed E-state index contributed by atoms with van der Waals surface area (Å²) >= 11 is 10.2. The molecule has 0 spiro atoms. The maximum absolute atomic E-state index is 12.9. The molecule has 0 saturated carbocycles. The Bertz CT molecular complexity index is 1600. The Labute approximate surface area is 228 Å². The van der Waals surface area contributed by atoms with Crippen molar-refractivity contribution in [2.45, 2.75) is 34.4 Å². The van der Waals surface area contributed by atoms with E-state index in [1.807, 2.05) is 53.9 Å². The van der Waals surface area contributed by atoms with Gasteiger partial charge in [-0.2, -0.15) is 0 Å². The van der Waals surface area contributed by atoms with E-state index < -0.39 is 11.3 Å². The number of carboxylic acids is 1. The molecule has 0 radical (unpaired) electrons. The first kappa shape index (κ1) is 24.4. The Hall–Kier alpha value is -2.92. The molecule has 2 N–H and O–H groups in total. The molecule has 6 rings (SSSR count). The molecule has 1 fully saturated rings. The van der Waals surface area contributed by atoms with Crippen LogP contribution < -0.4 is 5.32 Å².